The first kappa shape index (κ1) is 24.4. The lowest BCUT2D eigenvalue weighted by molar-refractivity contribution is 1.62. The summed E-state index contributed by atoms with van der Waals surface area (Å²) < 4.78 is 0. The molecule has 0 aliphatic heterocycles. The highest BCUT2D eigenvalue weighted by molar-refractivity contribution is 6.30. The van der Waals surface area contributed by atoms with Crippen molar-refractivity contribution in [2.45, 2.75) is 0 Å². The monoisotopic (exact) mass is 564 g/mol. The molecule has 0 saturated heterocycles. The molecular formula is C42H25Cl. The average Bonchev–Trinajstić information content (AvgIpc) is 3.41. The molecule has 0 unspecified atom stereocenters. The smallest absolute Gasteiger partial charge is 0.0406 e. The molecule has 0 N–H and O–H groups in total. The quantitative estimate of drug-likeness (QED) is 0.200. The van der Waals surface area contributed by atoms with Gasteiger partial charge in [-0.05, 0) is 100 Å². The maximum atomic E-state index is 6.27. The normalized spacial score (nSPS) is 11.8. The van der Waals surface area contributed by atoms with Gasteiger partial charge in [0.1, 0.15) is 0 Å². The zero-order valence-electron chi connectivity index (χ0n) is 23.3. The fraction of sp³-hybridized carbons (Fsp3) is 0. The molecule has 0 fully saturated rings. The Morgan fingerprint density at radius 2 is 0.744 bits per heavy atom. The van der Waals surface area contributed by atoms with Gasteiger partial charge in [0.15, 0.2) is 0 Å². The Hall–Kier alpha value is -5.17. The van der Waals surface area contributed by atoms with Crippen LogP contribution in [0, 0.1) is 0 Å². The molecule has 0 saturated carbocycles. The van der Waals surface area contributed by atoms with Crippen molar-refractivity contribution in [3.05, 3.63) is 157 Å². The van der Waals surface area contributed by atoms with E-state index in [0.29, 0.717) is 0 Å². The van der Waals surface area contributed by atoms with E-state index in [1.165, 1.54) is 88.0 Å². The highest BCUT2D eigenvalue weighted by Gasteiger charge is 2.29. The molecule has 0 heterocycles. The van der Waals surface area contributed by atoms with E-state index in [1.807, 2.05) is 12.1 Å². The average molecular weight is 565 g/mol. The summed E-state index contributed by atoms with van der Waals surface area (Å²) in [5.74, 6) is 0. The van der Waals surface area contributed by atoms with Gasteiger partial charge >= 0.3 is 0 Å². The summed E-state index contributed by atoms with van der Waals surface area (Å²) in [6, 6.07) is 55.1. The number of rotatable bonds is 3. The van der Waals surface area contributed by atoms with E-state index >= 15 is 0 Å². The van der Waals surface area contributed by atoms with Crippen LogP contribution in [0.4, 0.5) is 0 Å². The van der Waals surface area contributed by atoms with Crippen LogP contribution in [0.3, 0.4) is 0 Å². The summed E-state index contributed by atoms with van der Waals surface area (Å²) in [6.07, 6.45) is 0. The van der Waals surface area contributed by atoms with E-state index in [4.69, 9.17) is 11.6 Å². The van der Waals surface area contributed by atoms with Crippen LogP contribution in [0.25, 0.3) is 88.0 Å². The van der Waals surface area contributed by atoms with Gasteiger partial charge in [-0.2, -0.15) is 0 Å². The second-order valence-electron chi connectivity index (χ2n) is 11.4. The lowest BCUT2D eigenvalue weighted by Crippen LogP contribution is -1.91. The van der Waals surface area contributed by atoms with E-state index in [0.717, 1.165) is 5.02 Å². The molecule has 43 heavy (non-hydrogen) atoms. The molecule has 8 aromatic rings. The van der Waals surface area contributed by atoms with Gasteiger partial charge < -0.3 is 0 Å². The molecule has 1 aliphatic rings. The minimum atomic E-state index is 0.751. The van der Waals surface area contributed by atoms with Crippen molar-refractivity contribution < 1.29 is 0 Å². The standard InChI is InChI=1S/C42H25Cl/c43-29-20-18-28(19-21-29)32-22-25-39-40-35(32)16-7-17-38(40)41-36(33-14-5-10-26-8-1-3-12-30(26)33)23-24-37(42(39)41)34-15-6-11-27-9-2-4-13-31(27)34/h1-25H. The van der Waals surface area contributed by atoms with Crippen molar-refractivity contribution in [3.63, 3.8) is 0 Å². The molecule has 0 nitrogen and oxygen atoms in total. The van der Waals surface area contributed by atoms with Gasteiger partial charge in [0.25, 0.3) is 0 Å². The second-order valence-corrected chi connectivity index (χ2v) is 11.8. The van der Waals surface area contributed by atoms with Crippen LogP contribution >= 0.6 is 11.6 Å². The first-order chi connectivity index (χ1) is 21.3. The Balaban J connectivity index is 1.41. The largest absolute Gasteiger partial charge is 0.0843 e. The maximum absolute atomic E-state index is 6.27. The van der Waals surface area contributed by atoms with E-state index in [-0.39, 0.29) is 0 Å². The van der Waals surface area contributed by atoms with Crippen LogP contribution in [-0.4, -0.2) is 0 Å². The predicted molar refractivity (Wildman–Crippen MR) is 185 cm³/mol. The Labute approximate surface area is 255 Å². The van der Waals surface area contributed by atoms with Crippen molar-refractivity contribution >= 4 is 43.9 Å². The van der Waals surface area contributed by atoms with Gasteiger partial charge in [-0.15, -0.1) is 0 Å². The molecule has 0 bridgehead atoms. The number of benzene rings is 8. The molecule has 0 spiro atoms. The minimum Gasteiger partial charge on any atom is -0.0843 e. The molecule has 0 amide bonds. The number of fused-ring (bicyclic) bond motifs is 5. The van der Waals surface area contributed by atoms with Crippen LogP contribution in [0.15, 0.2) is 152 Å². The summed E-state index contributed by atoms with van der Waals surface area (Å²) >= 11 is 6.27. The zero-order chi connectivity index (χ0) is 28.5. The maximum Gasteiger partial charge on any atom is 0.0406 e. The minimum absolute atomic E-state index is 0.751. The van der Waals surface area contributed by atoms with Crippen molar-refractivity contribution in [2.75, 3.05) is 0 Å². The summed E-state index contributed by atoms with van der Waals surface area (Å²) in [5.41, 5.74) is 12.7. The summed E-state index contributed by atoms with van der Waals surface area (Å²) in [6.45, 7) is 0. The Morgan fingerprint density at radius 3 is 1.37 bits per heavy atom. The van der Waals surface area contributed by atoms with Crippen LogP contribution in [0.2, 0.25) is 5.02 Å². The van der Waals surface area contributed by atoms with Gasteiger partial charge in [0.05, 0.1) is 0 Å². The fourth-order valence-corrected chi connectivity index (χ4v) is 7.36. The highest BCUT2D eigenvalue weighted by Crippen LogP contribution is 2.56. The van der Waals surface area contributed by atoms with Crippen LogP contribution in [0.1, 0.15) is 0 Å². The van der Waals surface area contributed by atoms with E-state index in [9.17, 15) is 0 Å². The summed E-state index contributed by atoms with van der Waals surface area (Å²) in [7, 11) is 0. The van der Waals surface area contributed by atoms with Gasteiger partial charge in [0.2, 0.25) is 0 Å². The highest BCUT2D eigenvalue weighted by atomic mass is 35.5. The number of halogens is 1. The molecule has 0 atom stereocenters. The molecule has 200 valence electrons. The molecule has 0 aromatic heterocycles. The van der Waals surface area contributed by atoms with Gasteiger partial charge in [-0.25, -0.2) is 0 Å². The first-order valence-corrected chi connectivity index (χ1v) is 15.1. The van der Waals surface area contributed by atoms with Gasteiger partial charge in [-0.3, -0.25) is 0 Å². The van der Waals surface area contributed by atoms with Gasteiger partial charge in [0, 0.05) is 5.02 Å². The third-order valence-electron chi connectivity index (χ3n) is 9.10. The molecule has 8 aromatic carbocycles. The Kier molecular flexibility index (Phi) is 5.35. The summed E-state index contributed by atoms with van der Waals surface area (Å²) in [5, 5.41) is 8.39. The third-order valence-corrected chi connectivity index (χ3v) is 9.35. The Bertz CT molecular complexity index is 2270. The number of hydrogen-bond donors (Lipinski definition) is 0. The van der Waals surface area contributed by atoms with Crippen molar-refractivity contribution in [1.29, 1.82) is 0 Å². The van der Waals surface area contributed by atoms with Crippen molar-refractivity contribution in [3.8, 4) is 55.6 Å². The lowest BCUT2D eigenvalue weighted by Gasteiger charge is -2.18. The van der Waals surface area contributed by atoms with Crippen molar-refractivity contribution in [1.82, 2.24) is 0 Å². The van der Waals surface area contributed by atoms with Crippen LogP contribution < -0.4 is 0 Å². The van der Waals surface area contributed by atoms with Crippen molar-refractivity contribution in [2.24, 2.45) is 0 Å². The Morgan fingerprint density at radius 1 is 0.302 bits per heavy atom. The predicted octanol–water partition coefficient (Wildman–Crippen LogP) is 12.4. The molecule has 9 rings (SSSR count). The third kappa shape index (κ3) is 3.64. The first-order valence-electron chi connectivity index (χ1n) is 14.7. The van der Waals surface area contributed by atoms with Crippen LogP contribution in [0.5, 0.6) is 0 Å². The topological polar surface area (TPSA) is 0 Å². The molecule has 0 radical (unpaired) electrons. The lowest BCUT2D eigenvalue weighted by atomic mass is 9.85. The SMILES string of the molecule is Clc1ccc(-c2ccc3c4c(cccc24)-c2c(-c4cccc5ccccc45)ccc(-c4cccc5ccccc45)c2-3)cc1. The molecule has 1 aliphatic carbocycles. The summed E-state index contributed by atoms with van der Waals surface area (Å²) in [4.78, 5) is 0. The second kappa shape index (κ2) is 9.42. The van der Waals surface area contributed by atoms with Gasteiger partial charge in [-0.1, -0.05) is 151 Å². The zero-order valence-corrected chi connectivity index (χ0v) is 24.1. The number of hydrogen-bond acceptors (Lipinski definition) is 0. The van der Waals surface area contributed by atoms with E-state index < -0.39 is 0 Å². The van der Waals surface area contributed by atoms with E-state index in [1.54, 1.807) is 0 Å². The molecule has 1 heteroatoms. The van der Waals surface area contributed by atoms with E-state index in [2.05, 4.69) is 140 Å². The fourth-order valence-electron chi connectivity index (χ4n) is 7.24. The molecular weight excluding hydrogens is 540 g/mol. The van der Waals surface area contributed by atoms with Crippen LogP contribution in [-0.2, 0) is 0 Å².